The number of hydrogen-bond donors (Lipinski definition) is 0. The van der Waals surface area contributed by atoms with Crippen LogP contribution in [0.4, 0.5) is 0 Å². The van der Waals surface area contributed by atoms with Crippen LogP contribution >= 0.6 is 0 Å². The van der Waals surface area contributed by atoms with Crippen molar-refractivity contribution in [3.05, 3.63) is 0 Å². The first-order valence-corrected chi connectivity index (χ1v) is 11.0. The molecule has 3 heteroatoms. The van der Waals surface area contributed by atoms with Gasteiger partial charge in [0.05, 0.1) is 0 Å². The van der Waals surface area contributed by atoms with Gasteiger partial charge in [-0.1, -0.05) is 64.5 Å². The molecule has 0 aliphatic carbocycles. The highest BCUT2D eigenvalue weighted by atomic mass is 29.5. The van der Waals surface area contributed by atoms with Crippen molar-refractivity contribution < 1.29 is 0 Å². The van der Waals surface area contributed by atoms with E-state index in [4.69, 9.17) is 0 Å². The monoisotopic (exact) mass is 226 g/mol. The van der Waals surface area contributed by atoms with Crippen LogP contribution in [0.15, 0.2) is 0 Å². The number of hydrogen-bond acceptors (Lipinski definition) is 0. The van der Waals surface area contributed by atoms with Crippen LogP contribution in [0, 0.1) is 0 Å². The van der Waals surface area contributed by atoms with Gasteiger partial charge in [-0.3, -0.25) is 0 Å². The summed E-state index contributed by atoms with van der Waals surface area (Å²) in [7, 11) is 5.06. The SMILES string of the molecule is CCCCC[Si][Si]([Si])CCCCC. The third kappa shape index (κ3) is 10.6. The van der Waals surface area contributed by atoms with Crippen LogP contribution in [0.25, 0.3) is 0 Å². The van der Waals surface area contributed by atoms with Gasteiger partial charge in [0.15, 0.2) is 0 Å². The predicted molar refractivity (Wildman–Crippen MR) is 65.9 cm³/mol. The third-order valence-electron chi connectivity index (χ3n) is 2.15. The summed E-state index contributed by atoms with van der Waals surface area (Å²) in [5, 5.41) is 0. The van der Waals surface area contributed by atoms with Gasteiger partial charge >= 0.3 is 0 Å². The van der Waals surface area contributed by atoms with E-state index in [1.165, 1.54) is 59.7 Å². The van der Waals surface area contributed by atoms with Crippen LogP contribution in [0.2, 0.25) is 12.1 Å². The highest BCUT2D eigenvalue weighted by Gasteiger charge is 2.03. The Bertz CT molecular complexity index is 96.2. The summed E-state index contributed by atoms with van der Waals surface area (Å²) < 4.78 is 0. The maximum absolute atomic E-state index is 3.92. The van der Waals surface area contributed by atoms with Gasteiger partial charge in [-0.2, -0.15) is 0 Å². The molecule has 6 radical (unpaired) electrons. The highest BCUT2D eigenvalue weighted by Crippen LogP contribution is 2.04. The third-order valence-corrected chi connectivity index (χ3v) is 9.15. The first kappa shape index (κ1) is 13.7. The average molecular weight is 227 g/mol. The van der Waals surface area contributed by atoms with Crippen molar-refractivity contribution in [3.63, 3.8) is 0 Å². The van der Waals surface area contributed by atoms with Gasteiger partial charge < -0.3 is 0 Å². The summed E-state index contributed by atoms with van der Waals surface area (Å²) in [4.78, 5) is 0. The molecule has 0 N–H and O–H groups in total. The van der Waals surface area contributed by atoms with Crippen LogP contribution in [-0.4, -0.2) is 26.6 Å². The molecule has 0 spiro atoms. The Hall–Kier alpha value is 0.651. The maximum atomic E-state index is 3.92. The van der Waals surface area contributed by atoms with Gasteiger partial charge in [0.2, 0.25) is 0 Å². The summed E-state index contributed by atoms with van der Waals surface area (Å²) in [5.74, 6) is 0. The molecule has 74 valence electrons. The largest absolute Gasteiger partial charge is 0.0654 e. The Kier molecular flexibility index (Phi) is 11.3. The van der Waals surface area contributed by atoms with E-state index in [-0.39, 0.29) is 7.83 Å². The molecular weight excluding hydrogens is 204 g/mol. The fraction of sp³-hybridized carbons (Fsp3) is 1.00. The minimum atomic E-state index is -0.109. The Morgan fingerprint density at radius 2 is 1.62 bits per heavy atom. The molecule has 0 heterocycles. The second-order valence-electron chi connectivity index (χ2n) is 3.57. The summed E-state index contributed by atoms with van der Waals surface area (Å²) in [6, 6.07) is 2.97. The molecule has 0 aromatic rings. The predicted octanol–water partition coefficient (Wildman–Crippen LogP) is 3.15. The van der Waals surface area contributed by atoms with E-state index < -0.39 is 0 Å². The Labute approximate surface area is 91.3 Å². The molecule has 0 fully saturated rings. The lowest BCUT2D eigenvalue weighted by Crippen LogP contribution is -2.22. The van der Waals surface area contributed by atoms with Crippen molar-refractivity contribution in [2.75, 3.05) is 0 Å². The second kappa shape index (κ2) is 10.7. The smallest absolute Gasteiger partial charge is 0.0218 e. The molecule has 0 nitrogen and oxygen atoms in total. The van der Waals surface area contributed by atoms with Crippen LogP contribution in [0.5, 0.6) is 0 Å². The van der Waals surface area contributed by atoms with E-state index in [1.54, 1.807) is 0 Å². The van der Waals surface area contributed by atoms with Gasteiger partial charge in [0.25, 0.3) is 0 Å². The fourth-order valence-corrected chi connectivity index (χ4v) is 6.91. The fourth-order valence-electron chi connectivity index (χ4n) is 1.25. The number of rotatable bonds is 9. The molecular formula is C10H22Si3. The minimum Gasteiger partial charge on any atom is -0.0654 e. The second-order valence-corrected chi connectivity index (χ2v) is 12.1. The summed E-state index contributed by atoms with van der Waals surface area (Å²) in [6.45, 7) is 4.56. The molecule has 0 aromatic heterocycles. The van der Waals surface area contributed by atoms with Crippen molar-refractivity contribution in [3.8, 4) is 0 Å². The van der Waals surface area contributed by atoms with Crippen LogP contribution in [-0.2, 0) is 0 Å². The van der Waals surface area contributed by atoms with Gasteiger partial charge in [-0.05, 0) is 0 Å². The molecule has 0 rings (SSSR count). The lowest BCUT2D eigenvalue weighted by atomic mass is 10.3. The molecule has 13 heavy (non-hydrogen) atoms. The summed E-state index contributed by atoms with van der Waals surface area (Å²) in [6.07, 6.45) is 8.50. The lowest BCUT2D eigenvalue weighted by Gasteiger charge is -2.07. The zero-order valence-electron chi connectivity index (χ0n) is 9.16. The van der Waals surface area contributed by atoms with E-state index in [0.717, 1.165) is 0 Å². The zero-order chi connectivity index (χ0) is 9.94. The Morgan fingerprint density at radius 1 is 1.00 bits per heavy atom. The molecule has 0 unspecified atom stereocenters. The topological polar surface area (TPSA) is 0 Å². The first-order valence-electron chi connectivity index (χ1n) is 5.62. The van der Waals surface area contributed by atoms with Gasteiger partial charge in [-0.25, -0.2) is 0 Å². The molecule has 0 atom stereocenters. The lowest BCUT2D eigenvalue weighted by molar-refractivity contribution is 0.766. The summed E-state index contributed by atoms with van der Waals surface area (Å²) in [5.41, 5.74) is 0. The first-order chi connectivity index (χ1) is 6.31. The zero-order valence-corrected chi connectivity index (χ0v) is 12.2. The molecule has 0 amide bonds. The molecule has 0 aliphatic rings. The normalized spacial score (nSPS) is 11.1. The standard InChI is InChI=1S/C10H22Si3/c1-3-5-7-9-12-13(11)10-8-6-4-2/h3-10H2,1-2H3. The quantitative estimate of drug-likeness (QED) is 0.419. The van der Waals surface area contributed by atoms with Crippen LogP contribution < -0.4 is 0 Å². The molecule has 0 aliphatic heterocycles. The minimum absolute atomic E-state index is 0.109. The van der Waals surface area contributed by atoms with Gasteiger partial charge in [0.1, 0.15) is 0 Å². The van der Waals surface area contributed by atoms with E-state index in [2.05, 4.69) is 23.6 Å². The molecule has 0 saturated carbocycles. The average Bonchev–Trinajstić information content (AvgIpc) is 2.13. The van der Waals surface area contributed by atoms with Crippen molar-refractivity contribution in [1.29, 1.82) is 0 Å². The van der Waals surface area contributed by atoms with Gasteiger partial charge in [0, 0.05) is 26.6 Å². The molecule has 0 saturated heterocycles. The van der Waals surface area contributed by atoms with E-state index >= 15 is 0 Å². The summed E-state index contributed by atoms with van der Waals surface area (Å²) >= 11 is 0. The van der Waals surface area contributed by atoms with Crippen molar-refractivity contribution in [2.45, 2.75) is 64.5 Å². The van der Waals surface area contributed by atoms with Crippen molar-refractivity contribution >= 4 is 26.6 Å². The van der Waals surface area contributed by atoms with E-state index in [0.29, 0.717) is 0 Å². The maximum Gasteiger partial charge on any atom is 0.0218 e. The molecule has 0 aromatic carbocycles. The Morgan fingerprint density at radius 3 is 2.23 bits per heavy atom. The van der Waals surface area contributed by atoms with Crippen LogP contribution in [0.1, 0.15) is 52.4 Å². The molecule has 0 bridgehead atoms. The number of unbranched alkanes of at least 4 members (excludes halogenated alkanes) is 4. The van der Waals surface area contributed by atoms with E-state index in [9.17, 15) is 0 Å². The van der Waals surface area contributed by atoms with E-state index in [1.807, 2.05) is 0 Å². The van der Waals surface area contributed by atoms with Gasteiger partial charge in [-0.15, -0.1) is 0 Å². The van der Waals surface area contributed by atoms with Crippen LogP contribution in [0.3, 0.4) is 0 Å². The van der Waals surface area contributed by atoms with Crippen molar-refractivity contribution in [2.24, 2.45) is 0 Å². The Balaban J connectivity index is 3.05. The highest BCUT2D eigenvalue weighted by molar-refractivity contribution is 7.34. The van der Waals surface area contributed by atoms with Crippen molar-refractivity contribution in [1.82, 2.24) is 0 Å².